The van der Waals surface area contributed by atoms with Gasteiger partial charge in [0, 0.05) is 0 Å². The van der Waals surface area contributed by atoms with E-state index in [0.29, 0.717) is 6.61 Å². The van der Waals surface area contributed by atoms with Gasteiger partial charge in [-0.1, -0.05) is 24.9 Å². The molecule has 0 spiro atoms. The molecule has 5 nitrogen and oxygen atoms in total. The van der Waals surface area contributed by atoms with Gasteiger partial charge in [0.1, 0.15) is 5.15 Å². The van der Waals surface area contributed by atoms with Crippen LogP contribution in [0.25, 0.3) is 0 Å². The molecule has 1 aromatic heterocycles. The van der Waals surface area contributed by atoms with Gasteiger partial charge in [-0.2, -0.15) is 0 Å². The van der Waals surface area contributed by atoms with E-state index in [2.05, 4.69) is 9.97 Å². The van der Waals surface area contributed by atoms with E-state index in [9.17, 15) is 4.79 Å². The summed E-state index contributed by atoms with van der Waals surface area (Å²) < 4.78 is 4.92. The number of nitrogens with zero attached hydrogens (tertiary/aromatic N) is 2. The van der Waals surface area contributed by atoms with Gasteiger partial charge in [-0.25, -0.2) is 14.8 Å². The summed E-state index contributed by atoms with van der Waals surface area (Å²) in [6.07, 6.45) is 3.03. The molecule has 2 N–H and O–H groups in total. The Labute approximate surface area is 92.6 Å². The van der Waals surface area contributed by atoms with Crippen LogP contribution in [0.2, 0.25) is 5.15 Å². The molecule has 82 valence electrons. The van der Waals surface area contributed by atoms with Gasteiger partial charge in [0.15, 0.2) is 11.5 Å². The molecule has 0 radical (unpaired) electrons. The first kappa shape index (κ1) is 11.7. The summed E-state index contributed by atoms with van der Waals surface area (Å²) in [4.78, 5) is 18.9. The van der Waals surface area contributed by atoms with Crippen LogP contribution < -0.4 is 5.73 Å². The Bertz CT molecular complexity index is 357. The summed E-state index contributed by atoms with van der Waals surface area (Å²) in [5, 5.41) is 0.117. The third kappa shape index (κ3) is 3.36. The van der Waals surface area contributed by atoms with Gasteiger partial charge in [-0.15, -0.1) is 0 Å². The molecule has 0 amide bonds. The fourth-order valence-electron chi connectivity index (χ4n) is 0.905. The van der Waals surface area contributed by atoms with Crippen LogP contribution in [0, 0.1) is 0 Å². The topological polar surface area (TPSA) is 78.1 Å². The normalized spacial score (nSPS) is 10.0. The summed E-state index contributed by atoms with van der Waals surface area (Å²) in [6, 6.07) is 0. The molecule has 0 saturated heterocycles. The first-order valence-electron chi connectivity index (χ1n) is 4.60. The van der Waals surface area contributed by atoms with Crippen LogP contribution in [0.5, 0.6) is 0 Å². The third-order valence-electron chi connectivity index (χ3n) is 1.70. The fraction of sp³-hybridized carbons (Fsp3) is 0.444. The highest BCUT2D eigenvalue weighted by Crippen LogP contribution is 2.11. The number of unbranched alkanes of at least 4 members (excludes halogenated alkanes) is 1. The standard InChI is InChI=1S/C9H12ClN3O2/c1-2-3-4-15-9(14)7-8(11)12-5-6(10)13-7/h5H,2-4H2,1H3,(H2,11,12). The molecule has 1 heterocycles. The number of hydrogen-bond acceptors (Lipinski definition) is 5. The van der Waals surface area contributed by atoms with Crippen molar-refractivity contribution in [2.75, 3.05) is 12.3 Å². The highest BCUT2D eigenvalue weighted by molar-refractivity contribution is 6.29. The van der Waals surface area contributed by atoms with Crippen molar-refractivity contribution in [3.05, 3.63) is 17.0 Å². The minimum Gasteiger partial charge on any atom is -0.461 e. The highest BCUT2D eigenvalue weighted by Gasteiger charge is 2.14. The predicted octanol–water partition coefficient (Wildman–Crippen LogP) is 1.67. The molecule has 0 atom stereocenters. The lowest BCUT2D eigenvalue weighted by Crippen LogP contribution is -2.12. The summed E-state index contributed by atoms with van der Waals surface area (Å²) in [5.41, 5.74) is 5.43. The molecule has 0 aliphatic heterocycles. The van der Waals surface area contributed by atoms with Gasteiger partial charge in [0.05, 0.1) is 12.8 Å². The first-order chi connectivity index (χ1) is 7.15. The molecule has 0 saturated carbocycles. The maximum Gasteiger partial charge on any atom is 0.360 e. The minimum atomic E-state index is -0.587. The zero-order valence-corrected chi connectivity index (χ0v) is 9.12. The lowest BCUT2D eigenvalue weighted by molar-refractivity contribution is 0.0494. The SMILES string of the molecule is CCCCOC(=O)c1nc(Cl)cnc1N. The zero-order valence-electron chi connectivity index (χ0n) is 8.36. The number of halogens is 1. The van der Waals surface area contributed by atoms with Crippen molar-refractivity contribution in [2.45, 2.75) is 19.8 Å². The van der Waals surface area contributed by atoms with Crippen molar-refractivity contribution in [1.29, 1.82) is 0 Å². The van der Waals surface area contributed by atoms with Gasteiger partial charge in [0.2, 0.25) is 0 Å². The molecule has 0 aliphatic rings. The number of carbonyl (C=O) groups excluding carboxylic acids is 1. The fourth-order valence-corrected chi connectivity index (χ4v) is 1.04. The number of esters is 1. The number of nitrogen functional groups attached to an aromatic ring is 1. The Morgan fingerprint density at radius 3 is 3.07 bits per heavy atom. The van der Waals surface area contributed by atoms with Crippen molar-refractivity contribution < 1.29 is 9.53 Å². The van der Waals surface area contributed by atoms with Gasteiger partial charge in [0.25, 0.3) is 0 Å². The molecule has 6 heteroatoms. The molecule has 0 fully saturated rings. The number of ether oxygens (including phenoxy) is 1. The predicted molar refractivity (Wildman–Crippen MR) is 56.6 cm³/mol. The number of hydrogen-bond donors (Lipinski definition) is 1. The molecule has 0 aliphatic carbocycles. The van der Waals surface area contributed by atoms with E-state index in [-0.39, 0.29) is 16.7 Å². The van der Waals surface area contributed by atoms with E-state index in [1.54, 1.807) is 0 Å². The van der Waals surface area contributed by atoms with Gasteiger partial charge >= 0.3 is 5.97 Å². The van der Waals surface area contributed by atoms with Crippen molar-refractivity contribution >= 4 is 23.4 Å². The maximum atomic E-state index is 11.4. The second kappa shape index (κ2) is 5.50. The van der Waals surface area contributed by atoms with Crippen LogP contribution in [-0.2, 0) is 4.74 Å². The lowest BCUT2D eigenvalue weighted by Gasteiger charge is -2.04. The lowest BCUT2D eigenvalue weighted by atomic mass is 10.3. The van der Waals surface area contributed by atoms with E-state index in [0.717, 1.165) is 12.8 Å². The van der Waals surface area contributed by atoms with E-state index in [4.69, 9.17) is 22.1 Å². The van der Waals surface area contributed by atoms with Crippen LogP contribution in [-0.4, -0.2) is 22.5 Å². The molecule has 15 heavy (non-hydrogen) atoms. The van der Waals surface area contributed by atoms with Crippen molar-refractivity contribution in [3.8, 4) is 0 Å². The minimum absolute atomic E-state index is 0.0286. The molecule has 0 bridgehead atoms. The van der Waals surface area contributed by atoms with Crippen molar-refractivity contribution in [1.82, 2.24) is 9.97 Å². The number of nitrogens with two attached hydrogens (primary N) is 1. The number of carbonyl (C=O) groups is 1. The zero-order chi connectivity index (χ0) is 11.3. The molecule has 0 unspecified atom stereocenters. The second-order valence-corrected chi connectivity index (χ2v) is 3.30. The summed E-state index contributed by atoms with van der Waals surface area (Å²) in [7, 11) is 0. The number of aromatic nitrogens is 2. The van der Waals surface area contributed by atoms with Crippen molar-refractivity contribution in [3.63, 3.8) is 0 Å². The second-order valence-electron chi connectivity index (χ2n) is 2.92. The Morgan fingerprint density at radius 1 is 1.67 bits per heavy atom. The van der Waals surface area contributed by atoms with Crippen LogP contribution in [0.4, 0.5) is 5.82 Å². The number of anilines is 1. The van der Waals surface area contributed by atoms with E-state index in [1.165, 1.54) is 6.20 Å². The van der Waals surface area contributed by atoms with E-state index in [1.807, 2.05) is 6.92 Å². The molecule has 1 aromatic rings. The highest BCUT2D eigenvalue weighted by atomic mass is 35.5. The Hall–Kier alpha value is -1.36. The summed E-state index contributed by atoms with van der Waals surface area (Å²) >= 11 is 5.59. The van der Waals surface area contributed by atoms with Crippen LogP contribution >= 0.6 is 11.6 Å². The van der Waals surface area contributed by atoms with E-state index < -0.39 is 5.97 Å². The number of rotatable bonds is 4. The average molecular weight is 230 g/mol. The largest absolute Gasteiger partial charge is 0.461 e. The van der Waals surface area contributed by atoms with Crippen LogP contribution in [0.15, 0.2) is 6.20 Å². The Kier molecular flexibility index (Phi) is 4.30. The quantitative estimate of drug-likeness (QED) is 0.628. The summed E-state index contributed by atoms with van der Waals surface area (Å²) in [5.74, 6) is -0.558. The Balaban J connectivity index is 2.68. The third-order valence-corrected chi connectivity index (χ3v) is 1.88. The van der Waals surface area contributed by atoms with Gasteiger partial charge < -0.3 is 10.5 Å². The molecule has 1 rings (SSSR count). The van der Waals surface area contributed by atoms with Crippen LogP contribution in [0.3, 0.4) is 0 Å². The van der Waals surface area contributed by atoms with Gasteiger partial charge in [-0.3, -0.25) is 0 Å². The molecular weight excluding hydrogens is 218 g/mol. The monoisotopic (exact) mass is 229 g/mol. The van der Waals surface area contributed by atoms with Crippen molar-refractivity contribution in [2.24, 2.45) is 0 Å². The molecule has 0 aromatic carbocycles. The van der Waals surface area contributed by atoms with Gasteiger partial charge in [-0.05, 0) is 6.42 Å². The Morgan fingerprint density at radius 2 is 2.40 bits per heavy atom. The summed E-state index contributed by atoms with van der Waals surface area (Å²) in [6.45, 7) is 2.35. The maximum absolute atomic E-state index is 11.4. The first-order valence-corrected chi connectivity index (χ1v) is 4.98. The average Bonchev–Trinajstić information content (AvgIpc) is 2.22. The smallest absolute Gasteiger partial charge is 0.360 e. The molecular formula is C9H12ClN3O2. The van der Waals surface area contributed by atoms with Crippen LogP contribution in [0.1, 0.15) is 30.3 Å². The van der Waals surface area contributed by atoms with E-state index >= 15 is 0 Å².